The lowest BCUT2D eigenvalue weighted by Gasteiger charge is -2.35. The molecular formula is C17H19F2N3O. The molecule has 1 atom stereocenters. The lowest BCUT2D eigenvalue weighted by Crippen LogP contribution is -2.39. The van der Waals surface area contributed by atoms with E-state index in [1.165, 1.54) is 12.1 Å². The molecule has 0 aliphatic carbocycles. The van der Waals surface area contributed by atoms with Gasteiger partial charge < -0.3 is 4.90 Å². The number of hydrogen-bond acceptors (Lipinski definition) is 2. The molecular weight excluding hydrogens is 300 g/mol. The average molecular weight is 319 g/mol. The Kier molecular flexibility index (Phi) is 4.41. The Balaban J connectivity index is 1.78. The van der Waals surface area contributed by atoms with E-state index >= 15 is 0 Å². The third-order valence-corrected chi connectivity index (χ3v) is 4.29. The van der Waals surface area contributed by atoms with E-state index in [9.17, 15) is 13.6 Å². The van der Waals surface area contributed by atoms with Crippen LogP contribution in [0, 0.1) is 11.6 Å². The van der Waals surface area contributed by atoms with E-state index < -0.39 is 11.6 Å². The van der Waals surface area contributed by atoms with Crippen LogP contribution in [0.4, 0.5) is 8.78 Å². The Morgan fingerprint density at radius 1 is 1.35 bits per heavy atom. The molecule has 0 bridgehead atoms. The topological polar surface area (TPSA) is 38.1 Å². The summed E-state index contributed by atoms with van der Waals surface area (Å²) in [7, 11) is 1.84. The van der Waals surface area contributed by atoms with Crippen molar-refractivity contribution in [3.05, 3.63) is 53.4 Å². The summed E-state index contributed by atoms with van der Waals surface area (Å²) in [5.74, 6) is -1.44. The van der Waals surface area contributed by atoms with Gasteiger partial charge in [0.1, 0.15) is 11.6 Å². The Morgan fingerprint density at radius 3 is 2.87 bits per heavy atom. The van der Waals surface area contributed by atoms with Gasteiger partial charge in [0, 0.05) is 31.4 Å². The number of amides is 1. The Hall–Kier alpha value is -2.24. The molecule has 1 aliphatic rings. The highest BCUT2D eigenvalue weighted by molar-refractivity contribution is 5.79. The summed E-state index contributed by atoms with van der Waals surface area (Å²) in [4.78, 5) is 14.4. The maximum absolute atomic E-state index is 13.8. The van der Waals surface area contributed by atoms with E-state index in [-0.39, 0.29) is 23.9 Å². The lowest BCUT2D eigenvalue weighted by molar-refractivity contribution is -0.134. The molecule has 0 radical (unpaired) electrons. The first-order chi connectivity index (χ1) is 11.0. The summed E-state index contributed by atoms with van der Waals surface area (Å²) >= 11 is 0. The van der Waals surface area contributed by atoms with Gasteiger partial charge in [-0.3, -0.25) is 9.48 Å². The number of benzene rings is 1. The molecule has 1 aromatic heterocycles. The second-order valence-electron chi connectivity index (χ2n) is 5.96. The molecule has 0 N–H and O–H groups in total. The van der Waals surface area contributed by atoms with Gasteiger partial charge in [0.15, 0.2) is 0 Å². The van der Waals surface area contributed by atoms with Gasteiger partial charge in [-0.15, -0.1) is 0 Å². The molecule has 0 saturated carbocycles. The monoisotopic (exact) mass is 319 g/mol. The van der Waals surface area contributed by atoms with Crippen LogP contribution in [0.1, 0.15) is 36.4 Å². The van der Waals surface area contributed by atoms with Gasteiger partial charge in [-0.2, -0.15) is 5.10 Å². The van der Waals surface area contributed by atoms with Crippen molar-refractivity contribution < 1.29 is 13.6 Å². The summed E-state index contributed by atoms with van der Waals surface area (Å²) < 4.78 is 28.5. The van der Waals surface area contributed by atoms with E-state index in [2.05, 4.69) is 5.10 Å². The molecule has 1 amide bonds. The van der Waals surface area contributed by atoms with E-state index in [1.54, 1.807) is 15.8 Å². The van der Waals surface area contributed by atoms with Crippen LogP contribution in [0.15, 0.2) is 30.6 Å². The first-order valence-corrected chi connectivity index (χ1v) is 7.76. The molecule has 1 aliphatic heterocycles. The summed E-state index contributed by atoms with van der Waals surface area (Å²) in [5, 5.41) is 4.17. The van der Waals surface area contributed by atoms with Gasteiger partial charge in [0.2, 0.25) is 5.91 Å². The number of rotatable bonds is 3. The Labute approximate surface area is 133 Å². The number of aryl methyl sites for hydroxylation is 1. The first-order valence-electron chi connectivity index (χ1n) is 7.76. The highest BCUT2D eigenvalue weighted by Crippen LogP contribution is 2.31. The number of piperidine rings is 1. The molecule has 0 spiro atoms. The van der Waals surface area contributed by atoms with Crippen molar-refractivity contribution in [1.82, 2.24) is 14.7 Å². The third-order valence-electron chi connectivity index (χ3n) is 4.29. The summed E-state index contributed by atoms with van der Waals surface area (Å²) in [6.45, 7) is 0.654. The summed E-state index contributed by atoms with van der Waals surface area (Å²) in [6.07, 6.45) is 6.50. The number of halogens is 2. The fourth-order valence-corrected chi connectivity index (χ4v) is 3.12. The van der Waals surface area contributed by atoms with Crippen molar-refractivity contribution in [2.75, 3.05) is 6.54 Å². The second kappa shape index (κ2) is 6.48. The van der Waals surface area contributed by atoms with E-state index in [1.807, 2.05) is 13.2 Å². The first kappa shape index (κ1) is 15.6. The number of nitrogens with zero attached hydrogens (tertiary/aromatic N) is 3. The summed E-state index contributed by atoms with van der Waals surface area (Å²) in [5.41, 5.74) is 1.23. The largest absolute Gasteiger partial charge is 0.335 e. The zero-order valence-corrected chi connectivity index (χ0v) is 13.0. The van der Waals surface area contributed by atoms with Gasteiger partial charge >= 0.3 is 0 Å². The van der Waals surface area contributed by atoms with Crippen molar-refractivity contribution in [2.45, 2.75) is 31.7 Å². The Bertz CT molecular complexity index is 714. The van der Waals surface area contributed by atoms with Gasteiger partial charge in [0.25, 0.3) is 0 Å². The SMILES string of the molecule is Cn1cc([C@H]2CCCCN2C(=O)Cc2ccc(F)cc2F)cn1. The molecule has 2 aromatic rings. The summed E-state index contributed by atoms with van der Waals surface area (Å²) in [6, 6.07) is 3.32. The molecule has 23 heavy (non-hydrogen) atoms. The van der Waals surface area contributed by atoms with E-state index in [0.29, 0.717) is 6.54 Å². The predicted molar refractivity (Wildman–Crippen MR) is 81.6 cm³/mol. The van der Waals surface area contributed by atoms with Crippen molar-refractivity contribution >= 4 is 5.91 Å². The Morgan fingerprint density at radius 2 is 2.17 bits per heavy atom. The van der Waals surface area contributed by atoms with Crippen LogP contribution in [0.2, 0.25) is 0 Å². The zero-order chi connectivity index (χ0) is 16.4. The van der Waals surface area contributed by atoms with Crippen LogP contribution in [-0.4, -0.2) is 27.1 Å². The fraction of sp³-hybridized carbons (Fsp3) is 0.412. The van der Waals surface area contributed by atoms with Crippen LogP contribution < -0.4 is 0 Å². The highest BCUT2D eigenvalue weighted by atomic mass is 19.1. The van der Waals surface area contributed by atoms with Gasteiger partial charge in [0.05, 0.1) is 18.7 Å². The third kappa shape index (κ3) is 3.41. The highest BCUT2D eigenvalue weighted by Gasteiger charge is 2.29. The second-order valence-corrected chi connectivity index (χ2v) is 5.96. The van der Waals surface area contributed by atoms with Crippen LogP contribution in [0.3, 0.4) is 0 Å². The van der Waals surface area contributed by atoms with Gasteiger partial charge in [-0.25, -0.2) is 8.78 Å². The minimum absolute atomic E-state index is 0.0199. The van der Waals surface area contributed by atoms with Crippen molar-refractivity contribution in [3.63, 3.8) is 0 Å². The van der Waals surface area contributed by atoms with E-state index in [0.717, 1.165) is 30.9 Å². The molecule has 122 valence electrons. The molecule has 2 heterocycles. The lowest BCUT2D eigenvalue weighted by atomic mass is 9.96. The van der Waals surface area contributed by atoms with Crippen molar-refractivity contribution in [1.29, 1.82) is 0 Å². The molecule has 3 rings (SSSR count). The van der Waals surface area contributed by atoms with Crippen LogP contribution in [0.5, 0.6) is 0 Å². The standard InChI is InChI=1S/C17H19F2N3O/c1-21-11-13(10-20-21)16-4-2-3-7-22(16)17(23)8-12-5-6-14(18)9-15(12)19/h5-6,9-11,16H,2-4,7-8H2,1H3/t16-/m1/s1. The minimum Gasteiger partial charge on any atom is -0.335 e. The van der Waals surface area contributed by atoms with Crippen LogP contribution in [0.25, 0.3) is 0 Å². The van der Waals surface area contributed by atoms with E-state index in [4.69, 9.17) is 0 Å². The van der Waals surface area contributed by atoms with Gasteiger partial charge in [-0.1, -0.05) is 6.07 Å². The number of aromatic nitrogens is 2. The molecule has 1 aromatic carbocycles. The smallest absolute Gasteiger partial charge is 0.227 e. The molecule has 4 nitrogen and oxygen atoms in total. The normalized spacial score (nSPS) is 18.2. The van der Waals surface area contributed by atoms with Crippen molar-refractivity contribution in [2.24, 2.45) is 7.05 Å². The number of carbonyl (C=O) groups excluding carboxylic acids is 1. The van der Waals surface area contributed by atoms with Gasteiger partial charge in [-0.05, 0) is 30.9 Å². The predicted octanol–water partition coefficient (Wildman–Crippen LogP) is 2.99. The molecule has 6 heteroatoms. The average Bonchev–Trinajstić information content (AvgIpc) is 2.96. The van der Waals surface area contributed by atoms with Crippen LogP contribution >= 0.6 is 0 Å². The zero-order valence-electron chi connectivity index (χ0n) is 13.0. The van der Waals surface area contributed by atoms with Crippen molar-refractivity contribution in [3.8, 4) is 0 Å². The molecule has 0 unspecified atom stereocenters. The molecule has 1 fully saturated rings. The van der Waals surface area contributed by atoms with Crippen LogP contribution in [-0.2, 0) is 18.3 Å². The maximum Gasteiger partial charge on any atom is 0.227 e. The number of hydrogen-bond donors (Lipinski definition) is 0. The number of carbonyl (C=O) groups is 1. The maximum atomic E-state index is 13.8. The number of likely N-dealkylation sites (tertiary alicyclic amines) is 1. The minimum atomic E-state index is -0.673. The quantitative estimate of drug-likeness (QED) is 0.872. The molecule has 1 saturated heterocycles. The fourth-order valence-electron chi connectivity index (χ4n) is 3.12.